The molecular weight excluding hydrogens is 635 g/mol. The molecule has 0 radical (unpaired) electrons. The number of benzene rings is 3. The highest BCUT2D eigenvalue weighted by Gasteiger charge is 1.99. The molecule has 7 aromatic rings. The van der Waals surface area contributed by atoms with Gasteiger partial charge in [0.2, 0.25) is 0 Å². The van der Waals surface area contributed by atoms with Gasteiger partial charge in [-0.3, -0.25) is 14.6 Å². The summed E-state index contributed by atoms with van der Waals surface area (Å²) in [5, 5.41) is 4.24. The number of aryl methyl sites for hydroxylation is 2. The second-order valence-electron chi connectivity index (χ2n) is 8.43. The molecule has 0 fully saturated rings. The number of pyridine rings is 2. The summed E-state index contributed by atoms with van der Waals surface area (Å²) in [7, 11) is 3.90. The maximum Gasteiger partial charge on any atom is 0.111 e. The summed E-state index contributed by atoms with van der Waals surface area (Å²) in [6.07, 6.45) is 11.2. The summed E-state index contributed by atoms with van der Waals surface area (Å²) < 4.78 is 3.77. The summed E-state index contributed by atoms with van der Waals surface area (Å²) >= 11 is 0. The van der Waals surface area contributed by atoms with E-state index in [0.29, 0.717) is 0 Å². The van der Waals surface area contributed by atoms with Crippen molar-refractivity contribution in [2.75, 3.05) is 0 Å². The molecule has 0 saturated heterocycles. The first-order chi connectivity index (χ1) is 25.8. The van der Waals surface area contributed by atoms with Gasteiger partial charge < -0.3 is 4.57 Å². The third-order valence-electron chi connectivity index (χ3n) is 4.96. The van der Waals surface area contributed by atoms with Crippen LogP contribution in [0, 0.1) is 0 Å². The first kappa shape index (κ1) is 53.2. The molecular formula is C47H69N5. The summed E-state index contributed by atoms with van der Waals surface area (Å²) in [5.41, 5.74) is 1.83. The van der Waals surface area contributed by atoms with Crippen molar-refractivity contribution in [1.82, 2.24) is 24.3 Å². The van der Waals surface area contributed by atoms with Gasteiger partial charge in [0, 0.05) is 51.3 Å². The highest BCUT2D eigenvalue weighted by Crippen LogP contribution is 2.11. The van der Waals surface area contributed by atoms with Crippen molar-refractivity contribution >= 4 is 0 Å². The van der Waals surface area contributed by atoms with E-state index >= 15 is 0 Å². The van der Waals surface area contributed by atoms with Crippen LogP contribution in [0.25, 0.3) is 11.4 Å². The van der Waals surface area contributed by atoms with Gasteiger partial charge in [-0.15, -0.1) is 0 Å². The van der Waals surface area contributed by atoms with Gasteiger partial charge in [0.25, 0.3) is 0 Å². The Morgan fingerprint density at radius 3 is 0.846 bits per heavy atom. The van der Waals surface area contributed by atoms with Gasteiger partial charge in [-0.05, 0) is 42.5 Å². The molecule has 0 saturated carbocycles. The molecule has 0 aliphatic carbocycles. The number of rotatable bonds is 1. The second-order valence-corrected chi connectivity index (χ2v) is 8.43. The van der Waals surface area contributed by atoms with Crippen molar-refractivity contribution in [3.63, 3.8) is 0 Å². The fourth-order valence-corrected chi connectivity index (χ4v) is 2.95. The van der Waals surface area contributed by atoms with E-state index in [2.05, 4.69) is 15.1 Å². The smallest absolute Gasteiger partial charge is 0.111 e. The van der Waals surface area contributed by atoms with Crippen molar-refractivity contribution < 1.29 is 0 Å². The lowest BCUT2D eigenvalue weighted by atomic mass is 10.3. The van der Waals surface area contributed by atoms with Crippen LogP contribution in [0.4, 0.5) is 0 Å². The third-order valence-corrected chi connectivity index (χ3v) is 4.96. The van der Waals surface area contributed by atoms with Crippen molar-refractivity contribution in [2.24, 2.45) is 14.1 Å². The van der Waals surface area contributed by atoms with E-state index < -0.39 is 0 Å². The second kappa shape index (κ2) is 49.8. The maximum absolute atomic E-state index is 4.24. The van der Waals surface area contributed by atoms with E-state index in [9.17, 15) is 0 Å². The first-order valence-corrected chi connectivity index (χ1v) is 18.6. The molecule has 0 unspecified atom stereocenters. The van der Waals surface area contributed by atoms with Crippen molar-refractivity contribution in [3.05, 3.63) is 201 Å². The van der Waals surface area contributed by atoms with Crippen LogP contribution in [0.2, 0.25) is 0 Å². The molecule has 0 bridgehead atoms. The average molecular weight is 704 g/mol. The first-order valence-electron chi connectivity index (χ1n) is 18.6. The molecule has 282 valence electrons. The normalized spacial score (nSPS) is 7.62. The van der Waals surface area contributed by atoms with E-state index in [1.54, 1.807) is 23.3 Å². The molecule has 52 heavy (non-hydrogen) atoms. The average Bonchev–Trinajstić information content (AvgIpc) is 3.96. The fourth-order valence-electron chi connectivity index (χ4n) is 2.95. The highest BCUT2D eigenvalue weighted by molar-refractivity contribution is 5.52. The summed E-state index contributed by atoms with van der Waals surface area (Å²) in [5.74, 6) is 0. The highest BCUT2D eigenvalue weighted by atomic mass is 15.2. The topological polar surface area (TPSA) is 48.5 Å². The Morgan fingerprint density at radius 2 is 0.654 bits per heavy atom. The molecule has 0 amide bonds. The van der Waals surface area contributed by atoms with Crippen molar-refractivity contribution in [3.8, 4) is 11.4 Å². The third kappa shape index (κ3) is 38.9. The zero-order chi connectivity index (χ0) is 39.8. The number of hydrogen-bond acceptors (Lipinski definition) is 3. The molecule has 4 heterocycles. The minimum Gasteiger partial charge on any atom is -0.357 e. The molecule has 4 aromatic heterocycles. The molecule has 0 aliphatic rings. The summed E-state index contributed by atoms with van der Waals surface area (Å²) in [6.45, 7) is 20.0. The Kier molecular flexibility index (Phi) is 51.0. The largest absolute Gasteiger partial charge is 0.357 e. The van der Waals surface area contributed by atoms with Crippen molar-refractivity contribution in [2.45, 2.75) is 69.2 Å². The van der Waals surface area contributed by atoms with Crippen LogP contribution >= 0.6 is 0 Å². The van der Waals surface area contributed by atoms with Gasteiger partial charge in [-0.1, -0.05) is 191 Å². The standard InChI is InChI=1S/C9H9N3.3C6H6.C5H7N.C5H5N.5C2H6/c1-12-7-5-9(11-12)8-4-2-3-6-10-8;3*1-2-4-6-5-3-1;1-6-4-2-3-5-6;1-2-4-6-5-3-1;5*1-2/h2-7H,1H3;3*1-6H;2-5H,1H3;1-5H;5*1-2H3. The van der Waals surface area contributed by atoms with E-state index in [-0.39, 0.29) is 0 Å². The molecule has 5 heteroatoms. The van der Waals surface area contributed by atoms with Gasteiger partial charge in [0.15, 0.2) is 0 Å². The lowest BCUT2D eigenvalue weighted by molar-refractivity contribution is 0.770. The number of nitrogens with zero attached hydrogens (tertiary/aromatic N) is 5. The Bertz CT molecular complexity index is 1220. The quantitative estimate of drug-likeness (QED) is 0.171. The molecule has 0 N–H and O–H groups in total. The van der Waals surface area contributed by atoms with Gasteiger partial charge in [-0.25, -0.2) is 0 Å². The number of hydrogen-bond donors (Lipinski definition) is 0. The van der Waals surface area contributed by atoms with Crippen LogP contribution in [0.1, 0.15) is 69.2 Å². The van der Waals surface area contributed by atoms with Gasteiger partial charge >= 0.3 is 0 Å². The molecule has 3 aromatic carbocycles. The van der Waals surface area contributed by atoms with Crippen LogP contribution in [-0.4, -0.2) is 24.3 Å². The van der Waals surface area contributed by atoms with Gasteiger partial charge in [0.05, 0.1) is 5.69 Å². The molecule has 7 rings (SSSR count). The SMILES string of the molecule is CC.CC.CC.CC.CC.Cn1ccc(-c2ccccn2)n1.Cn1cccc1.c1ccccc1.c1ccccc1.c1ccccc1.c1ccncc1. The maximum atomic E-state index is 4.24. The van der Waals surface area contributed by atoms with E-state index in [0.717, 1.165) is 11.4 Å². The van der Waals surface area contributed by atoms with Crippen LogP contribution in [-0.2, 0) is 14.1 Å². The predicted molar refractivity (Wildman–Crippen MR) is 232 cm³/mol. The monoisotopic (exact) mass is 704 g/mol. The van der Waals surface area contributed by atoms with E-state index in [4.69, 9.17) is 0 Å². The Labute approximate surface area is 319 Å². The predicted octanol–water partition coefficient (Wildman–Crippen LogP) is 13.8. The molecule has 0 atom stereocenters. The Hall–Kier alpha value is -5.55. The summed E-state index contributed by atoms with van der Waals surface area (Å²) in [4.78, 5) is 7.97. The Balaban J connectivity index is -0.000000259. The minimum absolute atomic E-state index is 0.915. The molecule has 5 nitrogen and oxygen atoms in total. The number of aromatic nitrogens is 5. The van der Waals surface area contributed by atoms with Crippen LogP contribution in [0.15, 0.2) is 201 Å². The zero-order valence-corrected chi connectivity index (χ0v) is 34.3. The Morgan fingerprint density at radius 1 is 0.327 bits per heavy atom. The van der Waals surface area contributed by atoms with Crippen LogP contribution < -0.4 is 0 Å². The van der Waals surface area contributed by atoms with Gasteiger partial charge in [0.1, 0.15) is 5.69 Å². The van der Waals surface area contributed by atoms with Crippen LogP contribution in [0.3, 0.4) is 0 Å². The lowest BCUT2D eigenvalue weighted by Gasteiger charge is -1.92. The van der Waals surface area contributed by atoms with E-state index in [1.807, 2.05) is 270 Å². The molecule has 0 spiro atoms. The molecule has 0 aliphatic heterocycles. The van der Waals surface area contributed by atoms with Gasteiger partial charge in [-0.2, -0.15) is 5.10 Å². The lowest BCUT2D eigenvalue weighted by Crippen LogP contribution is -1.88. The summed E-state index contributed by atoms with van der Waals surface area (Å²) in [6, 6.07) is 53.5. The minimum atomic E-state index is 0.915. The fraction of sp³-hybridized carbons (Fsp3) is 0.255. The van der Waals surface area contributed by atoms with Crippen molar-refractivity contribution in [1.29, 1.82) is 0 Å². The zero-order valence-electron chi connectivity index (χ0n) is 34.3. The van der Waals surface area contributed by atoms with Crippen LogP contribution in [0.5, 0.6) is 0 Å². The van der Waals surface area contributed by atoms with E-state index in [1.165, 1.54) is 0 Å².